The van der Waals surface area contributed by atoms with E-state index in [0.29, 0.717) is 16.4 Å². The highest BCUT2D eigenvalue weighted by Crippen LogP contribution is 2.38. The van der Waals surface area contributed by atoms with Crippen molar-refractivity contribution in [1.82, 2.24) is 14.3 Å². The molecule has 0 unspecified atom stereocenters. The van der Waals surface area contributed by atoms with Gasteiger partial charge in [-0.25, -0.2) is 27.2 Å². The summed E-state index contributed by atoms with van der Waals surface area (Å²) in [5.41, 5.74) is 1.08. The second kappa shape index (κ2) is 9.92. The molecule has 0 bridgehead atoms. The van der Waals surface area contributed by atoms with E-state index in [9.17, 15) is 48.3 Å². The van der Waals surface area contributed by atoms with Gasteiger partial charge in [0, 0.05) is 17.3 Å². The molecule has 1 aliphatic heterocycles. The van der Waals surface area contributed by atoms with Gasteiger partial charge in [0.1, 0.15) is 0 Å². The average Bonchev–Trinajstić information content (AvgIpc) is 2.84. The van der Waals surface area contributed by atoms with Crippen molar-refractivity contribution in [2.45, 2.75) is 23.2 Å². The van der Waals surface area contributed by atoms with Gasteiger partial charge in [-0.1, -0.05) is 12.1 Å². The van der Waals surface area contributed by atoms with Gasteiger partial charge in [0.15, 0.2) is 5.82 Å². The number of nitrogens with two attached hydrogens (primary N) is 1. The zero-order valence-electron chi connectivity index (χ0n) is 19.8. The van der Waals surface area contributed by atoms with Gasteiger partial charge in [0.2, 0.25) is 15.9 Å². The monoisotopic (exact) mass is 592 g/mol. The molecule has 0 saturated carbocycles. The van der Waals surface area contributed by atoms with Crippen LogP contribution in [-0.4, -0.2) is 47.6 Å². The fourth-order valence-electron chi connectivity index (χ4n) is 3.73. The third kappa shape index (κ3) is 6.12. The lowest BCUT2D eigenvalue weighted by Gasteiger charge is -2.37. The topological polar surface area (TPSA) is 106 Å². The number of carbonyl (C=O) groups is 1. The minimum Gasteiger partial charge on any atom is -0.366 e. The quantitative estimate of drug-likeness (QED) is 0.326. The number of nitrogens with zero attached hydrogens (tertiary/aromatic N) is 3. The van der Waals surface area contributed by atoms with E-state index >= 15 is 0 Å². The average molecular weight is 592 g/mol. The van der Waals surface area contributed by atoms with Crippen LogP contribution in [0.2, 0.25) is 0 Å². The number of halogens is 8. The first-order valence-electron chi connectivity index (χ1n) is 11.0. The Labute approximate surface area is 221 Å². The molecule has 1 saturated heterocycles. The van der Waals surface area contributed by atoms with Crippen LogP contribution in [0.15, 0.2) is 59.6 Å². The highest BCUT2D eigenvalue weighted by molar-refractivity contribution is 7.89. The largest absolute Gasteiger partial charge is 0.416 e. The maximum atomic E-state index is 13.3. The molecular formula is C24H16F8N4O3S. The van der Waals surface area contributed by atoms with Crippen LogP contribution in [0.3, 0.4) is 0 Å². The first-order valence-corrected chi connectivity index (χ1v) is 12.4. The lowest BCUT2D eigenvalue weighted by molar-refractivity contribution is -0.143. The Morgan fingerprint density at radius 1 is 0.950 bits per heavy atom. The summed E-state index contributed by atoms with van der Waals surface area (Å²) in [6.45, 7) is -2.04. The van der Waals surface area contributed by atoms with Crippen molar-refractivity contribution in [3.63, 3.8) is 0 Å². The Morgan fingerprint density at radius 3 is 2.08 bits per heavy atom. The van der Waals surface area contributed by atoms with Crippen LogP contribution in [0.4, 0.5) is 35.1 Å². The minimum atomic E-state index is -5.11. The molecule has 0 atom stereocenters. The number of rotatable bonds is 6. The van der Waals surface area contributed by atoms with E-state index < -0.39 is 74.7 Å². The van der Waals surface area contributed by atoms with Crippen LogP contribution in [-0.2, 0) is 27.2 Å². The van der Waals surface area contributed by atoms with E-state index in [0.717, 1.165) is 24.4 Å². The number of hydrogen-bond acceptors (Lipinski definition) is 5. The van der Waals surface area contributed by atoms with Crippen molar-refractivity contribution < 1.29 is 48.3 Å². The van der Waals surface area contributed by atoms with Crippen LogP contribution in [0.25, 0.3) is 23.0 Å². The van der Waals surface area contributed by atoms with Gasteiger partial charge in [-0.15, -0.1) is 0 Å². The minimum absolute atomic E-state index is 0.0548. The predicted octanol–water partition coefficient (Wildman–Crippen LogP) is 4.85. The number of aromatic nitrogens is 2. The molecule has 0 radical (unpaired) electrons. The van der Waals surface area contributed by atoms with E-state index in [-0.39, 0.29) is 22.9 Å². The fraction of sp³-hybridized carbons (Fsp3) is 0.208. The third-order valence-electron chi connectivity index (χ3n) is 5.68. The molecule has 1 amide bonds. The summed E-state index contributed by atoms with van der Waals surface area (Å²) in [5, 5.41) is 0. The van der Waals surface area contributed by atoms with Crippen molar-refractivity contribution in [2.75, 3.05) is 13.1 Å². The summed E-state index contributed by atoms with van der Waals surface area (Å²) in [6, 6.07) is 6.61. The zero-order valence-corrected chi connectivity index (χ0v) is 20.6. The van der Waals surface area contributed by atoms with Crippen LogP contribution < -0.4 is 5.73 Å². The molecule has 2 heterocycles. The van der Waals surface area contributed by atoms with E-state index in [1.165, 1.54) is 18.2 Å². The number of sulfonamides is 1. The maximum absolute atomic E-state index is 13.3. The smallest absolute Gasteiger partial charge is 0.366 e. The van der Waals surface area contributed by atoms with Crippen molar-refractivity contribution in [2.24, 2.45) is 5.73 Å². The van der Waals surface area contributed by atoms with Gasteiger partial charge in [-0.2, -0.15) is 30.6 Å². The molecule has 0 aliphatic carbocycles. The normalized spacial score (nSPS) is 16.4. The van der Waals surface area contributed by atoms with Gasteiger partial charge < -0.3 is 5.73 Å². The summed E-state index contributed by atoms with van der Waals surface area (Å²) in [6.07, 6.45) is -8.17. The molecule has 0 spiro atoms. The second-order valence-corrected chi connectivity index (χ2v) is 10.6. The molecule has 1 fully saturated rings. The van der Waals surface area contributed by atoms with Crippen molar-refractivity contribution in [3.8, 4) is 11.4 Å². The van der Waals surface area contributed by atoms with Crippen LogP contribution in [0.1, 0.15) is 22.4 Å². The number of primary amides is 1. The Morgan fingerprint density at radius 2 is 1.55 bits per heavy atom. The summed E-state index contributed by atoms with van der Waals surface area (Å²) >= 11 is 0. The van der Waals surface area contributed by atoms with Crippen molar-refractivity contribution in [1.29, 1.82) is 0 Å². The number of alkyl halides is 8. The van der Waals surface area contributed by atoms with E-state index in [1.807, 2.05) is 0 Å². The number of carbonyl (C=O) groups excluding carboxylic acids is 1. The molecule has 2 N–H and O–H groups in total. The molecule has 2 aromatic carbocycles. The van der Waals surface area contributed by atoms with E-state index in [2.05, 4.69) is 9.97 Å². The molecule has 1 aromatic heterocycles. The fourth-order valence-corrected chi connectivity index (χ4v) is 5.28. The first kappa shape index (κ1) is 29.1. The maximum Gasteiger partial charge on any atom is 0.416 e. The van der Waals surface area contributed by atoms with Gasteiger partial charge in [0.05, 0.1) is 34.8 Å². The Kier molecular flexibility index (Phi) is 7.21. The highest BCUT2D eigenvalue weighted by atomic mass is 32.2. The number of hydrogen-bond donors (Lipinski definition) is 1. The Bertz CT molecular complexity index is 1580. The van der Waals surface area contributed by atoms with Crippen LogP contribution >= 0.6 is 0 Å². The summed E-state index contributed by atoms with van der Waals surface area (Å²) in [4.78, 5) is 19.5. The Balaban J connectivity index is 1.75. The Hall–Kier alpha value is -3.92. The third-order valence-corrected chi connectivity index (χ3v) is 7.47. The van der Waals surface area contributed by atoms with Gasteiger partial charge >= 0.3 is 12.4 Å². The number of amides is 1. The predicted molar refractivity (Wildman–Crippen MR) is 125 cm³/mol. The molecular weight excluding hydrogens is 576 g/mol. The molecule has 7 nitrogen and oxygen atoms in total. The molecule has 3 aromatic rings. The lowest BCUT2D eigenvalue weighted by Crippen LogP contribution is -2.58. The van der Waals surface area contributed by atoms with Gasteiger partial charge in [-0.05, 0) is 48.0 Å². The SMILES string of the molecule is NC(=O)/C(=C/c1ccnc(-c2cc(C(F)(F)F)cc(C(F)(F)F)c2)n1)c1cccc(S(=O)(=O)N2CC(F)(F)C2)c1. The van der Waals surface area contributed by atoms with Crippen LogP contribution in [0.5, 0.6) is 0 Å². The molecule has 1 aliphatic rings. The van der Waals surface area contributed by atoms with Crippen LogP contribution in [0, 0.1) is 0 Å². The van der Waals surface area contributed by atoms with Gasteiger partial charge in [-0.3, -0.25) is 4.79 Å². The molecule has 40 heavy (non-hydrogen) atoms. The highest BCUT2D eigenvalue weighted by Gasteiger charge is 2.49. The lowest BCUT2D eigenvalue weighted by atomic mass is 10.0. The standard InChI is InChI=1S/C24H16F8N4O3S/c25-22(26)11-36(12-22)40(38,39)18-3-1-2-13(8-18)19(20(33)37)10-17-4-5-34-21(35-17)14-6-15(23(27,28)29)9-16(7-14)24(30,31)32/h1-10H,11-12H2,(H2,33,37)/b19-10+. The molecule has 212 valence electrons. The zero-order chi connectivity index (χ0) is 29.7. The molecule has 4 rings (SSSR count). The number of benzene rings is 2. The summed E-state index contributed by atoms with van der Waals surface area (Å²) in [5.74, 6) is -4.80. The molecule has 16 heteroatoms. The van der Waals surface area contributed by atoms with Crippen molar-refractivity contribution in [3.05, 3.63) is 77.1 Å². The summed E-state index contributed by atoms with van der Waals surface area (Å²) in [7, 11) is -4.34. The first-order chi connectivity index (χ1) is 18.4. The van der Waals surface area contributed by atoms with Crippen molar-refractivity contribution >= 4 is 27.6 Å². The van der Waals surface area contributed by atoms with E-state index in [4.69, 9.17) is 5.73 Å². The van der Waals surface area contributed by atoms with Gasteiger partial charge in [0.25, 0.3) is 5.92 Å². The second-order valence-electron chi connectivity index (χ2n) is 8.68. The van der Waals surface area contributed by atoms with E-state index in [1.54, 1.807) is 0 Å². The summed E-state index contributed by atoms with van der Waals surface area (Å²) < 4.78 is 132.